The van der Waals surface area contributed by atoms with Crippen molar-refractivity contribution >= 4 is 28.9 Å². The van der Waals surface area contributed by atoms with Crippen molar-refractivity contribution in [3.05, 3.63) is 65.3 Å². The normalized spacial score (nSPS) is 14.4. The van der Waals surface area contributed by atoms with E-state index in [2.05, 4.69) is 22.3 Å². The van der Waals surface area contributed by atoms with E-state index in [-0.39, 0.29) is 5.57 Å². The maximum Gasteiger partial charge on any atom is 0.267 e. The van der Waals surface area contributed by atoms with Crippen LogP contribution in [0.5, 0.6) is 5.75 Å². The van der Waals surface area contributed by atoms with Gasteiger partial charge in [0.05, 0.1) is 12.8 Å². The smallest absolute Gasteiger partial charge is 0.267 e. The molecular weight excluding hydrogens is 376 g/mol. The molecule has 0 unspecified atom stereocenters. The maximum absolute atomic E-state index is 12.5. The topological polar surface area (TPSA) is 68.6 Å². The minimum Gasteiger partial charge on any atom is -0.495 e. The van der Waals surface area contributed by atoms with E-state index >= 15 is 0 Å². The molecule has 0 bridgehead atoms. The standard InChI is InChI=1S/C21H21ClN4O2/c1-28-20-8-7-17(22)13-19(20)24-21(27)16(14-23)15-25-9-11-26(12-10-25)18-5-3-2-4-6-18/h2-8,13,15H,9-12H2,1H3,(H,24,27)/b16-15-. The quantitative estimate of drug-likeness (QED) is 0.618. The summed E-state index contributed by atoms with van der Waals surface area (Å²) in [5.41, 5.74) is 1.64. The fourth-order valence-corrected chi connectivity index (χ4v) is 3.21. The van der Waals surface area contributed by atoms with Crippen LogP contribution < -0.4 is 15.0 Å². The van der Waals surface area contributed by atoms with Crippen LogP contribution in [0.25, 0.3) is 0 Å². The van der Waals surface area contributed by atoms with E-state index in [1.807, 2.05) is 29.2 Å². The van der Waals surface area contributed by atoms with Crippen LogP contribution in [0.2, 0.25) is 5.02 Å². The van der Waals surface area contributed by atoms with Gasteiger partial charge in [0.15, 0.2) is 0 Å². The summed E-state index contributed by atoms with van der Waals surface area (Å²) in [6.07, 6.45) is 1.62. The molecule has 1 heterocycles. The van der Waals surface area contributed by atoms with E-state index in [1.165, 1.54) is 12.8 Å². The Morgan fingerprint density at radius 1 is 1.18 bits per heavy atom. The van der Waals surface area contributed by atoms with Gasteiger partial charge in [-0.05, 0) is 30.3 Å². The lowest BCUT2D eigenvalue weighted by atomic mass is 10.2. The zero-order chi connectivity index (χ0) is 19.9. The van der Waals surface area contributed by atoms with Gasteiger partial charge in [0.25, 0.3) is 5.91 Å². The number of nitriles is 1. The highest BCUT2D eigenvalue weighted by molar-refractivity contribution is 6.31. The van der Waals surface area contributed by atoms with Crippen LogP contribution in [-0.2, 0) is 4.79 Å². The minimum atomic E-state index is -0.492. The number of carbonyl (C=O) groups is 1. The molecule has 1 N–H and O–H groups in total. The molecule has 3 rings (SSSR count). The fraction of sp³-hybridized carbons (Fsp3) is 0.238. The molecule has 6 nitrogen and oxygen atoms in total. The summed E-state index contributed by atoms with van der Waals surface area (Å²) in [4.78, 5) is 16.8. The van der Waals surface area contributed by atoms with E-state index in [4.69, 9.17) is 16.3 Å². The highest BCUT2D eigenvalue weighted by Gasteiger charge is 2.18. The first-order valence-corrected chi connectivity index (χ1v) is 9.29. The second kappa shape index (κ2) is 9.16. The highest BCUT2D eigenvalue weighted by atomic mass is 35.5. The molecule has 7 heteroatoms. The summed E-state index contributed by atoms with van der Waals surface area (Å²) < 4.78 is 5.23. The lowest BCUT2D eigenvalue weighted by molar-refractivity contribution is -0.112. The molecule has 1 aliphatic rings. The molecule has 0 aromatic heterocycles. The van der Waals surface area contributed by atoms with Gasteiger partial charge in [-0.25, -0.2) is 0 Å². The van der Waals surface area contributed by atoms with E-state index in [1.54, 1.807) is 24.4 Å². The van der Waals surface area contributed by atoms with E-state index in [9.17, 15) is 10.1 Å². The zero-order valence-electron chi connectivity index (χ0n) is 15.6. The number of methoxy groups -OCH3 is 1. The van der Waals surface area contributed by atoms with Crippen LogP contribution in [-0.4, -0.2) is 44.1 Å². The average molecular weight is 397 g/mol. The number of piperazine rings is 1. The summed E-state index contributed by atoms with van der Waals surface area (Å²) in [5.74, 6) is -0.0138. The molecule has 1 saturated heterocycles. The third kappa shape index (κ3) is 4.76. The van der Waals surface area contributed by atoms with Gasteiger partial charge in [-0.3, -0.25) is 4.79 Å². The number of benzene rings is 2. The molecule has 0 atom stereocenters. The second-order valence-corrected chi connectivity index (χ2v) is 6.75. The average Bonchev–Trinajstić information content (AvgIpc) is 2.73. The summed E-state index contributed by atoms with van der Waals surface area (Å²) >= 11 is 5.99. The number of halogens is 1. The first-order valence-electron chi connectivity index (χ1n) is 8.91. The Hall–Kier alpha value is -3.17. The van der Waals surface area contributed by atoms with Crippen molar-refractivity contribution in [3.8, 4) is 11.8 Å². The second-order valence-electron chi connectivity index (χ2n) is 6.31. The van der Waals surface area contributed by atoms with Crippen LogP contribution in [0.15, 0.2) is 60.3 Å². The molecule has 1 amide bonds. The monoisotopic (exact) mass is 396 g/mol. The molecule has 144 valence electrons. The summed E-state index contributed by atoms with van der Waals surface area (Å²) in [7, 11) is 1.51. The lowest BCUT2D eigenvalue weighted by Gasteiger charge is -2.35. The molecule has 0 radical (unpaired) electrons. The van der Waals surface area contributed by atoms with Crippen LogP contribution in [0, 0.1) is 11.3 Å². The van der Waals surface area contributed by atoms with E-state index in [0.717, 1.165) is 26.2 Å². The van der Waals surface area contributed by atoms with Gasteiger partial charge >= 0.3 is 0 Å². The molecule has 0 spiro atoms. The Bertz CT molecular complexity index is 900. The molecule has 2 aromatic carbocycles. The Morgan fingerprint density at radius 3 is 2.54 bits per heavy atom. The Balaban J connectivity index is 1.65. The zero-order valence-corrected chi connectivity index (χ0v) is 16.3. The number of rotatable bonds is 5. The minimum absolute atomic E-state index is 0.0372. The van der Waals surface area contributed by atoms with Crippen molar-refractivity contribution in [1.82, 2.24) is 4.90 Å². The number of hydrogen-bond donors (Lipinski definition) is 1. The number of nitrogens with zero attached hydrogens (tertiary/aromatic N) is 3. The molecule has 1 fully saturated rings. The largest absolute Gasteiger partial charge is 0.495 e. The Labute approximate surface area is 169 Å². The van der Waals surface area contributed by atoms with Crippen molar-refractivity contribution in [1.29, 1.82) is 5.26 Å². The van der Waals surface area contributed by atoms with Crippen LogP contribution in [0.3, 0.4) is 0 Å². The SMILES string of the molecule is COc1ccc(Cl)cc1NC(=O)/C(C#N)=C\N1CCN(c2ccccc2)CC1. The number of anilines is 2. The Kier molecular flexibility index (Phi) is 6.41. The van der Waals surface area contributed by atoms with Gasteiger partial charge in [0.1, 0.15) is 17.4 Å². The summed E-state index contributed by atoms with van der Waals surface area (Å²) in [6, 6.07) is 17.1. The highest BCUT2D eigenvalue weighted by Crippen LogP contribution is 2.28. The number of nitrogens with one attached hydrogen (secondary N) is 1. The van der Waals surface area contributed by atoms with Gasteiger partial charge in [-0.2, -0.15) is 5.26 Å². The fourth-order valence-electron chi connectivity index (χ4n) is 3.04. The Morgan fingerprint density at radius 2 is 1.89 bits per heavy atom. The molecule has 0 saturated carbocycles. The predicted molar refractivity (Wildman–Crippen MR) is 111 cm³/mol. The number of ether oxygens (including phenoxy) is 1. The number of carbonyl (C=O) groups excluding carboxylic acids is 1. The molecule has 2 aromatic rings. The molecule has 1 aliphatic heterocycles. The van der Waals surface area contributed by atoms with Gasteiger partial charge < -0.3 is 19.9 Å². The molecule has 28 heavy (non-hydrogen) atoms. The van der Waals surface area contributed by atoms with Crippen molar-refractivity contribution < 1.29 is 9.53 Å². The van der Waals surface area contributed by atoms with Crippen LogP contribution in [0.1, 0.15) is 0 Å². The van der Waals surface area contributed by atoms with Crippen molar-refractivity contribution in [3.63, 3.8) is 0 Å². The van der Waals surface area contributed by atoms with Gasteiger partial charge in [0.2, 0.25) is 0 Å². The lowest BCUT2D eigenvalue weighted by Crippen LogP contribution is -2.44. The number of amides is 1. The number of hydrogen-bond acceptors (Lipinski definition) is 5. The van der Waals surface area contributed by atoms with Crippen LogP contribution in [0.4, 0.5) is 11.4 Å². The third-order valence-corrected chi connectivity index (χ3v) is 4.76. The van der Waals surface area contributed by atoms with Gasteiger partial charge in [-0.1, -0.05) is 29.8 Å². The predicted octanol–water partition coefficient (Wildman–Crippen LogP) is 3.52. The van der Waals surface area contributed by atoms with E-state index < -0.39 is 5.91 Å². The van der Waals surface area contributed by atoms with Crippen molar-refractivity contribution in [2.75, 3.05) is 43.5 Å². The number of para-hydroxylation sites is 1. The van der Waals surface area contributed by atoms with Crippen molar-refractivity contribution in [2.24, 2.45) is 0 Å². The van der Waals surface area contributed by atoms with Crippen LogP contribution >= 0.6 is 11.6 Å². The maximum atomic E-state index is 12.5. The summed E-state index contributed by atoms with van der Waals surface area (Å²) in [5, 5.41) is 12.6. The van der Waals surface area contributed by atoms with E-state index in [0.29, 0.717) is 16.5 Å². The molecular formula is C21H21ClN4O2. The first-order chi connectivity index (χ1) is 13.6. The van der Waals surface area contributed by atoms with Crippen molar-refractivity contribution in [2.45, 2.75) is 0 Å². The van der Waals surface area contributed by atoms with Gasteiger partial charge in [0, 0.05) is 43.1 Å². The molecule has 0 aliphatic carbocycles. The first kappa shape index (κ1) is 19.6. The third-order valence-electron chi connectivity index (χ3n) is 4.52. The summed E-state index contributed by atoms with van der Waals surface area (Å²) in [6.45, 7) is 3.10. The van der Waals surface area contributed by atoms with Gasteiger partial charge in [-0.15, -0.1) is 0 Å².